The monoisotopic (exact) mass is 288 g/mol. The lowest BCUT2D eigenvalue weighted by Gasteiger charge is -2.09. The highest BCUT2D eigenvalue weighted by Crippen LogP contribution is 2.15. The van der Waals surface area contributed by atoms with Crippen molar-refractivity contribution in [3.8, 4) is 5.75 Å². The van der Waals surface area contributed by atoms with E-state index in [1.165, 1.54) is 10.9 Å². The Hall–Kier alpha value is -2.83. The Morgan fingerprint density at radius 1 is 1.29 bits per heavy atom. The van der Waals surface area contributed by atoms with Crippen LogP contribution in [0, 0.1) is 6.92 Å². The maximum Gasteiger partial charge on any atom is 0.276 e. The summed E-state index contributed by atoms with van der Waals surface area (Å²) in [5.41, 5.74) is 5.86. The maximum atomic E-state index is 11.7. The molecule has 0 atom stereocenters. The largest absolute Gasteiger partial charge is 0.483 e. The van der Waals surface area contributed by atoms with Crippen molar-refractivity contribution in [1.29, 1.82) is 0 Å². The lowest BCUT2D eigenvalue weighted by molar-refractivity contribution is -0.123. The van der Waals surface area contributed by atoms with E-state index in [-0.39, 0.29) is 6.61 Å². The van der Waals surface area contributed by atoms with Gasteiger partial charge in [0.25, 0.3) is 11.8 Å². The van der Waals surface area contributed by atoms with Gasteiger partial charge in [-0.05, 0) is 18.6 Å². The van der Waals surface area contributed by atoms with Gasteiger partial charge >= 0.3 is 0 Å². The van der Waals surface area contributed by atoms with Crippen molar-refractivity contribution in [3.63, 3.8) is 0 Å². The normalized spacial score (nSPS) is 10.0. The number of nitrogens with zero attached hydrogens (tertiary/aromatic N) is 2. The number of hydrogen-bond donors (Lipinski definition) is 2. The lowest BCUT2D eigenvalue weighted by atomic mass is 10.2. The first-order chi connectivity index (χ1) is 10.1. The molecule has 2 rings (SSSR count). The first-order valence-corrected chi connectivity index (χ1v) is 6.32. The molecule has 7 nitrogen and oxygen atoms in total. The van der Waals surface area contributed by atoms with Crippen molar-refractivity contribution in [2.24, 2.45) is 7.05 Å². The summed E-state index contributed by atoms with van der Waals surface area (Å²) in [6.45, 7) is 1.70. The fraction of sp³-hybridized carbons (Fsp3) is 0.214. The van der Waals surface area contributed by atoms with Crippen molar-refractivity contribution in [2.75, 3.05) is 6.61 Å². The molecule has 0 aliphatic rings. The van der Waals surface area contributed by atoms with Gasteiger partial charge < -0.3 is 4.74 Å². The van der Waals surface area contributed by atoms with Crippen LogP contribution in [0.3, 0.4) is 0 Å². The van der Waals surface area contributed by atoms with Crippen LogP contribution in [0.2, 0.25) is 0 Å². The van der Waals surface area contributed by atoms with Crippen LogP contribution in [0.25, 0.3) is 0 Å². The third kappa shape index (κ3) is 4.07. The first-order valence-electron chi connectivity index (χ1n) is 6.32. The summed E-state index contributed by atoms with van der Waals surface area (Å²) in [5.74, 6) is -0.255. The highest BCUT2D eigenvalue weighted by molar-refractivity contribution is 5.95. The SMILES string of the molecule is Cc1ccccc1OCC(=O)NNC(=O)c1cnn(C)c1. The van der Waals surface area contributed by atoms with Crippen LogP contribution < -0.4 is 15.6 Å². The van der Waals surface area contributed by atoms with E-state index in [1.54, 1.807) is 19.3 Å². The van der Waals surface area contributed by atoms with Crippen LogP contribution in [-0.4, -0.2) is 28.2 Å². The number of hydrogen-bond acceptors (Lipinski definition) is 4. The summed E-state index contributed by atoms with van der Waals surface area (Å²) >= 11 is 0. The molecule has 0 saturated carbocycles. The summed E-state index contributed by atoms with van der Waals surface area (Å²) in [6, 6.07) is 7.37. The molecule has 110 valence electrons. The fourth-order valence-electron chi connectivity index (χ4n) is 1.63. The molecule has 0 fully saturated rings. The Morgan fingerprint density at radius 3 is 2.71 bits per heavy atom. The minimum atomic E-state index is -0.449. The molecule has 1 heterocycles. The van der Waals surface area contributed by atoms with Gasteiger partial charge in [-0.2, -0.15) is 5.10 Å². The quantitative estimate of drug-likeness (QED) is 0.805. The van der Waals surface area contributed by atoms with Crippen LogP contribution in [0.4, 0.5) is 0 Å². The number of amides is 2. The second kappa shape index (κ2) is 6.56. The van der Waals surface area contributed by atoms with E-state index in [9.17, 15) is 9.59 Å². The number of carbonyl (C=O) groups excluding carboxylic acids is 2. The van der Waals surface area contributed by atoms with Gasteiger partial charge in [-0.3, -0.25) is 25.1 Å². The first kappa shape index (κ1) is 14.6. The highest BCUT2D eigenvalue weighted by Gasteiger charge is 2.09. The van der Waals surface area contributed by atoms with E-state index in [0.29, 0.717) is 11.3 Å². The summed E-state index contributed by atoms with van der Waals surface area (Å²) in [4.78, 5) is 23.3. The summed E-state index contributed by atoms with van der Waals surface area (Å²) in [7, 11) is 1.70. The molecule has 0 aliphatic carbocycles. The predicted octanol–water partition coefficient (Wildman–Crippen LogP) is 0.569. The van der Waals surface area contributed by atoms with Crippen LogP contribution >= 0.6 is 0 Å². The zero-order chi connectivity index (χ0) is 15.2. The Morgan fingerprint density at radius 2 is 2.05 bits per heavy atom. The Bertz CT molecular complexity index is 651. The van der Waals surface area contributed by atoms with Gasteiger partial charge in [0.2, 0.25) is 0 Å². The topological polar surface area (TPSA) is 85.2 Å². The molecule has 2 N–H and O–H groups in total. The molecule has 7 heteroatoms. The van der Waals surface area contributed by atoms with E-state index in [2.05, 4.69) is 16.0 Å². The van der Waals surface area contributed by atoms with Crippen LogP contribution in [0.1, 0.15) is 15.9 Å². The smallest absolute Gasteiger partial charge is 0.276 e. The summed E-state index contributed by atoms with van der Waals surface area (Å²) in [6.07, 6.45) is 2.95. The molecular formula is C14H16N4O3. The Kier molecular flexibility index (Phi) is 4.55. The number of aromatic nitrogens is 2. The van der Waals surface area contributed by atoms with Crippen LogP contribution in [0.5, 0.6) is 5.75 Å². The third-order valence-corrected chi connectivity index (χ3v) is 2.73. The molecule has 0 spiro atoms. The van der Waals surface area contributed by atoms with Gasteiger partial charge in [0.1, 0.15) is 5.75 Å². The average Bonchev–Trinajstić information content (AvgIpc) is 2.90. The Balaban J connectivity index is 1.78. The van der Waals surface area contributed by atoms with Gasteiger partial charge in [-0.15, -0.1) is 0 Å². The fourth-order valence-corrected chi connectivity index (χ4v) is 1.63. The van der Waals surface area contributed by atoms with Gasteiger partial charge in [0, 0.05) is 13.2 Å². The summed E-state index contributed by atoms with van der Waals surface area (Å²) in [5, 5.41) is 3.87. The molecule has 2 amide bonds. The zero-order valence-corrected chi connectivity index (χ0v) is 11.8. The van der Waals surface area contributed by atoms with Crippen LogP contribution in [-0.2, 0) is 11.8 Å². The maximum absolute atomic E-state index is 11.7. The molecule has 1 aromatic heterocycles. The van der Waals surface area contributed by atoms with E-state index in [4.69, 9.17) is 4.74 Å². The third-order valence-electron chi connectivity index (χ3n) is 2.73. The number of nitrogens with one attached hydrogen (secondary N) is 2. The van der Waals surface area contributed by atoms with Crippen molar-refractivity contribution in [3.05, 3.63) is 47.8 Å². The van der Waals surface area contributed by atoms with Crippen molar-refractivity contribution in [2.45, 2.75) is 6.92 Å². The van der Waals surface area contributed by atoms with Gasteiger partial charge in [-0.1, -0.05) is 18.2 Å². The minimum absolute atomic E-state index is 0.182. The van der Waals surface area contributed by atoms with E-state index in [0.717, 1.165) is 5.56 Å². The van der Waals surface area contributed by atoms with E-state index < -0.39 is 11.8 Å². The molecule has 2 aromatic rings. The molecule has 0 radical (unpaired) electrons. The zero-order valence-electron chi connectivity index (χ0n) is 11.8. The molecule has 0 saturated heterocycles. The molecular weight excluding hydrogens is 272 g/mol. The number of carbonyl (C=O) groups is 2. The average molecular weight is 288 g/mol. The second-order valence-electron chi connectivity index (χ2n) is 4.46. The van der Waals surface area contributed by atoms with Gasteiger partial charge in [0.05, 0.1) is 11.8 Å². The summed E-state index contributed by atoms with van der Waals surface area (Å²) < 4.78 is 6.86. The standard InChI is InChI=1S/C14H16N4O3/c1-10-5-3-4-6-12(10)21-9-13(19)16-17-14(20)11-7-15-18(2)8-11/h3-8H,9H2,1-2H3,(H,16,19)(H,17,20). The van der Waals surface area contributed by atoms with E-state index in [1.807, 2.05) is 25.1 Å². The van der Waals surface area contributed by atoms with E-state index >= 15 is 0 Å². The van der Waals surface area contributed by atoms with Gasteiger partial charge in [-0.25, -0.2) is 0 Å². The minimum Gasteiger partial charge on any atom is -0.483 e. The molecule has 1 aromatic carbocycles. The molecule has 0 bridgehead atoms. The number of hydrazine groups is 1. The number of aryl methyl sites for hydroxylation is 2. The molecule has 0 aliphatic heterocycles. The highest BCUT2D eigenvalue weighted by atomic mass is 16.5. The van der Waals surface area contributed by atoms with Crippen molar-refractivity contribution >= 4 is 11.8 Å². The number of benzene rings is 1. The predicted molar refractivity (Wildman–Crippen MR) is 75.5 cm³/mol. The number of rotatable bonds is 4. The van der Waals surface area contributed by atoms with Crippen LogP contribution in [0.15, 0.2) is 36.7 Å². The lowest BCUT2D eigenvalue weighted by Crippen LogP contribution is -2.43. The second-order valence-corrected chi connectivity index (χ2v) is 4.46. The van der Waals surface area contributed by atoms with Crippen molar-refractivity contribution in [1.82, 2.24) is 20.6 Å². The number of ether oxygens (including phenoxy) is 1. The Labute approximate surface area is 121 Å². The molecule has 21 heavy (non-hydrogen) atoms. The number of para-hydroxylation sites is 1. The molecule has 0 unspecified atom stereocenters. The van der Waals surface area contributed by atoms with Crippen molar-refractivity contribution < 1.29 is 14.3 Å². The van der Waals surface area contributed by atoms with Gasteiger partial charge in [0.15, 0.2) is 6.61 Å².